The molecular formula is C19H30O3. The third-order valence-electron chi connectivity index (χ3n) is 4.47. The van der Waals surface area contributed by atoms with Crippen LogP contribution in [0.4, 0.5) is 0 Å². The van der Waals surface area contributed by atoms with Gasteiger partial charge in [-0.3, -0.25) is 0 Å². The highest BCUT2D eigenvalue weighted by Crippen LogP contribution is 2.36. The topological polar surface area (TPSA) is 57.5 Å². The molecule has 2 atom stereocenters. The molecule has 22 heavy (non-hydrogen) atoms. The van der Waals surface area contributed by atoms with E-state index in [4.69, 9.17) is 0 Å². The summed E-state index contributed by atoms with van der Waals surface area (Å²) >= 11 is 0. The van der Waals surface area contributed by atoms with E-state index in [2.05, 4.69) is 27.7 Å². The van der Waals surface area contributed by atoms with Crippen LogP contribution in [0.15, 0.2) is 12.1 Å². The minimum Gasteiger partial charge on any atom is -0.507 e. The Balaban J connectivity index is 3.18. The molecule has 0 aliphatic rings. The minimum atomic E-state index is -1.05. The van der Waals surface area contributed by atoms with E-state index >= 15 is 0 Å². The molecule has 0 spiro atoms. The van der Waals surface area contributed by atoms with Gasteiger partial charge < -0.3 is 10.2 Å². The quantitative estimate of drug-likeness (QED) is 0.617. The molecule has 2 unspecified atom stereocenters. The molecule has 0 aromatic heterocycles. The second-order valence-corrected chi connectivity index (χ2v) is 6.40. The monoisotopic (exact) mass is 306 g/mol. The zero-order valence-electron chi connectivity index (χ0n) is 14.4. The second-order valence-electron chi connectivity index (χ2n) is 6.40. The lowest BCUT2D eigenvalue weighted by Gasteiger charge is -2.19. The maximum Gasteiger partial charge on any atom is 0.339 e. The van der Waals surface area contributed by atoms with Crippen molar-refractivity contribution in [3.63, 3.8) is 0 Å². The Morgan fingerprint density at radius 2 is 1.59 bits per heavy atom. The van der Waals surface area contributed by atoms with Crippen LogP contribution < -0.4 is 0 Å². The largest absolute Gasteiger partial charge is 0.507 e. The Kier molecular flexibility index (Phi) is 7.43. The molecule has 1 aromatic rings. The average Bonchev–Trinajstić information content (AvgIpc) is 2.49. The minimum absolute atomic E-state index is 0.0409. The van der Waals surface area contributed by atoms with Crippen LogP contribution in [0.2, 0.25) is 0 Å². The summed E-state index contributed by atoms with van der Waals surface area (Å²) in [4.78, 5) is 11.4. The van der Waals surface area contributed by atoms with Crippen LogP contribution in [-0.4, -0.2) is 16.2 Å². The van der Waals surface area contributed by atoms with Gasteiger partial charge in [0, 0.05) is 0 Å². The van der Waals surface area contributed by atoms with Crippen molar-refractivity contribution in [2.45, 2.75) is 78.1 Å². The van der Waals surface area contributed by atoms with E-state index in [-0.39, 0.29) is 17.2 Å². The highest BCUT2D eigenvalue weighted by molar-refractivity contribution is 5.91. The number of carbonyl (C=O) groups is 1. The van der Waals surface area contributed by atoms with E-state index in [1.807, 2.05) is 6.07 Å². The van der Waals surface area contributed by atoms with Gasteiger partial charge in [0.1, 0.15) is 11.3 Å². The van der Waals surface area contributed by atoms with Crippen LogP contribution in [0, 0.1) is 0 Å². The number of carboxylic acid groups (broad SMARTS) is 1. The van der Waals surface area contributed by atoms with Gasteiger partial charge in [0.2, 0.25) is 0 Å². The summed E-state index contributed by atoms with van der Waals surface area (Å²) in [5, 5.41) is 19.7. The van der Waals surface area contributed by atoms with Crippen molar-refractivity contribution in [2.75, 3.05) is 0 Å². The number of hydrogen-bond donors (Lipinski definition) is 2. The molecule has 0 heterocycles. The van der Waals surface area contributed by atoms with Crippen molar-refractivity contribution in [2.24, 2.45) is 0 Å². The Morgan fingerprint density at radius 1 is 1.05 bits per heavy atom. The predicted molar refractivity (Wildman–Crippen MR) is 90.9 cm³/mol. The van der Waals surface area contributed by atoms with Gasteiger partial charge >= 0.3 is 5.97 Å². The fourth-order valence-corrected chi connectivity index (χ4v) is 2.85. The first-order chi connectivity index (χ1) is 10.4. The van der Waals surface area contributed by atoms with Gasteiger partial charge in [0.05, 0.1) is 0 Å². The van der Waals surface area contributed by atoms with Crippen LogP contribution >= 0.6 is 0 Å². The van der Waals surface area contributed by atoms with Gasteiger partial charge in [-0.1, -0.05) is 59.4 Å². The van der Waals surface area contributed by atoms with Gasteiger partial charge in [-0.15, -0.1) is 0 Å². The summed E-state index contributed by atoms with van der Waals surface area (Å²) in [5.74, 6) is -0.610. The first kappa shape index (κ1) is 18.5. The van der Waals surface area contributed by atoms with Crippen molar-refractivity contribution in [1.29, 1.82) is 0 Å². The highest BCUT2D eigenvalue weighted by atomic mass is 16.4. The zero-order valence-corrected chi connectivity index (χ0v) is 14.4. The Morgan fingerprint density at radius 3 is 2.09 bits per heavy atom. The molecule has 1 rings (SSSR count). The van der Waals surface area contributed by atoms with Crippen molar-refractivity contribution in [3.05, 3.63) is 28.8 Å². The maximum absolute atomic E-state index is 11.4. The highest BCUT2D eigenvalue weighted by Gasteiger charge is 2.20. The van der Waals surface area contributed by atoms with Gasteiger partial charge in [0.25, 0.3) is 0 Å². The molecule has 1 aromatic carbocycles. The van der Waals surface area contributed by atoms with Crippen molar-refractivity contribution in [3.8, 4) is 5.75 Å². The van der Waals surface area contributed by atoms with E-state index in [1.165, 1.54) is 0 Å². The van der Waals surface area contributed by atoms with Gasteiger partial charge in [-0.2, -0.15) is 0 Å². The summed E-state index contributed by atoms with van der Waals surface area (Å²) in [6.07, 6.45) is 6.46. The fourth-order valence-electron chi connectivity index (χ4n) is 2.85. The van der Waals surface area contributed by atoms with Crippen LogP contribution in [0.25, 0.3) is 0 Å². The van der Waals surface area contributed by atoms with Crippen LogP contribution in [0.1, 0.15) is 99.5 Å². The number of hydrogen-bond acceptors (Lipinski definition) is 2. The summed E-state index contributed by atoms with van der Waals surface area (Å²) in [6.45, 7) is 8.49. The molecule has 0 saturated heterocycles. The summed E-state index contributed by atoms with van der Waals surface area (Å²) < 4.78 is 0. The number of benzene rings is 1. The van der Waals surface area contributed by atoms with Gasteiger partial charge in [-0.05, 0) is 41.9 Å². The standard InChI is InChI=1S/C19H30O3/c1-5-7-9-13(3)15-11-16(14(4)10-8-6-2)18(20)17(12-15)19(21)22/h11-14,20H,5-10H2,1-4H3,(H,21,22). The smallest absolute Gasteiger partial charge is 0.339 e. The molecule has 0 amide bonds. The molecular weight excluding hydrogens is 276 g/mol. The van der Waals surface area contributed by atoms with E-state index < -0.39 is 5.97 Å². The number of carboxylic acids is 1. The van der Waals surface area contributed by atoms with Gasteiger partial charge in [0.15, 0.2) is 0 Å². The summed E-state index contributed by atoms with van der Waals surface area (Å²) in [5.41, 5.74) is 1.85. The van der Waals surface area contributed by atoms with E-state index in [0.29, 0.717) is 5.92 Å². The van der Waals surface area contributed by atoms with Crippen molar-refractivity contribution >= 4 is 5.97 Å². The molecule has 0 aliphatic heterocycles. The lowest BCUT2D eigenvalue weighted by atomic mass is 9.87. The van der Waals surface area contributed by atoms with E-state index in [9.17, 15) is 15.0 Å². The van der Waals surface area contributed by atoms with Crippen LogP contribution in [0.5, 0.6) is 5.75 Å². The number of rotatable bonds is 9. The lowest BCUT2D eigenvalue weighted by Crippen LogP contribution is -2.06. The number of aromatic carboxylic acids is 1. The average molecular weight is 306 g/mol. The number of unbranched alkanes of at least 4 members (excludes halogenated alkanes) is 2. The third kappa shape index (κ3) is 4.75. The Hall–Kier alpha value is -1.51. The predicted octanol–water partition coefficient (Wildman–Crippen LogP) is 5.68. The fraction of sp³-hybridized carbons (Fsp3) is 0.632. The Bertz CT molecular complexity index is 494. The zero-order chi connectivity index (χ0) is 16.7. The molecule has 0 fully saturated rings. The molecule has 0 aliphatic carbocycles. The molecule has 2 N–H and O–H groups in total. The van der Waals surface area contributed by atoms with Crippen LogP contribution in [-0.2, 0) is 0 Å². The summed E-state index contributed by atoms with van der Waals surface area (Å²) in [7, 11) is 0. The van der Waals surface area contributed by atoms with E-state index in [0.717, 1.165) is 49.7 Å². The van der Waals surface area contributed by atoms with E-state index in [1.54, 1.807) is 6.07 Å². The second kappa shape index (κ2) is 8.82. The molecule has 0 saturated carbocycles. The van der Waals surface area contributed by atoms with Crippen molar-refractivity contribution in [1.82, 2.24) is 0 Å². The van der Waals surface area contributed by atoms with Crippen LogP contribution in [0.3, 0.4) is 0 Å². The first-order valence-corrected chi connectivity index (χ1v) is 8.52. The molecule has 124 valence electrons. The molecule has 0 bridgehead atoms. The SMILES string of the molecule is CCCCC(C)c1cc(C(=O)O)c(O)c(C(C)CCCC)c1. The summed E-state index contributed by atoms with van der Waals surface area (Å²) in [6, 6.07) is 3.66. The van der Waals surface area contributed by atoms with Gasteiger partial charge in [-0.25, -0.2) is 4.79 Å². The maximum atomic E-state index is 11.4. The normalized spacial score (nSPS) is 13.8. The Labute approximate surface area is 134 Å². The molecule has 3 nitrogen and oxygen atoms in total. The lowest BCUT2D eigenvalue weighted by molar-refractivity contribution is 0.0693. The number of aromatic hydroxyl groups is 1. The van der Waals surface area contributed by atoms with Crippen molar-refractivity contribution < 1.29 is 15.0 Å². The number of phenols is 1. The third-order valence-corrected chi connectivity index (χ3v) is 4.47. The molecule has 3 heteroatoms. The first-order valence-electron chi connectivity index (χ1n) is 8.52. The molecule has 0 radical (unpaired) electrons.